The second kappa shape index (κ2) is 6.27. The number of amides is 2. The number of likely N-dealkylation sites (tertiary alicyclic amines) is 1. The molecule has 114 valence electrons. The third-order valence-electron chi connectivity index (χ3n) is 3.08. The minimum Gasteiger partial charge on any atom is -0.480 e. The van der Waals surface area contributed by atoms with Crippen LogP contribution in [0, 0.1) is 0 Å². The van der Waals surface area contributed by atoms with Crippen LogP contribution in [0.3, 0.4) is 0 Å². The van der Waals surface area contributed by atoms with Crippen LogP contribution in [0.1, 0.15) is 6.42 Å². The monoisotopic (exact) mass is 352 g/mol. The standard InChI is InChI=1S/C12H11Cl3N2O4/c13-6-2-8(15)9(3-7(6)14)16-12(21)17-4-5(18)1-10(17)11(19)20/h2-3,5,10,18H,1,4H2,(H,16,21)(H,19,20)/t5-,10-/m1/s1. The fourth-order valence-corrected chi connectivity index (χ4v) is 2.67. The highest BCUT2D eigenvalue weighted by Gasteiger charge is 2.39. The number of carbonyl (C=O) groups excluding carboxylic acids is 1. The van der Waals surface area contributed by atoms with Crippen molar-refractivity contribution in [3.63, 3.8) is 0 Å². The van der Waals surface area contributed by atoms with Gasteiger partial charge in [0.05, 0.1) is 26.9 Å². The molecule has 0 saturated carbocycles. The lowest BCUT2D eigenvalue weighted by atomic mass is 10.2. The Bertz CT molecular complexity index is 596. The molecular formula is C12H11Cl3N2O4. The zero-order chi connectivity index (χ0) is 15.7. The van der Waals surface area contributed by atoms with Gasteiger partial charge in [0.25, 0.3) is 0 Å². The number of β-amino-alcohol motifs (C(OH)–C–C–N with tert-alkyl or cyclic N) is 1. The molecule has 0 radical (unpaired) electrons. The van der Waals surface area contributed by atoms with Crippen molar-refractivity contribution in [1.82, 2.24) is 4.90 Å². The van der Waals surface area contributed by atoms with Gasteiger partial charge in [0.15, 0.2) is 0 Å². The first kappa shape index (κ1) is 16.2. The SMILES string of the molecule is O=C(O)[C@H]1C[C@@H](O)CN1C(=O)Nc1cc(Cl)c(Cl)cc1Cl. The normalized spacial score (nSPS) is 21.4. The van der Waals surface area contributed by atoms with Crippen LogP contribution in [0.25, 0.3) is 0 Å². The molecule has 2 amide bonds. The van der Waals surface area contributed by atoms with Gasteiger partial charge >= 0.3 is 12.0 Å². The van der Waals surface area contributed by atoms with Crippen molar-refractivity contribution in [3.8, 4) is 0 Å². The molecule has 0 bridgehead atoms. The first-order valence-corrected chi connectivity index (χ1v) is 7.06. The van der Waals surface area contributed by atoms with Gasteiger partial charge in [-0.3, -0.25) is 0 Å². The number of anilines is 1. The Morgan fingerprint density at radius 2 is 1.81 bits per heavy atom. The third kappa shape index (κ3) is 3.52. The first-order valence-electron chi connectivity index (χ1n) is 5.92. The third-order valence-corrected chi connectivity index (χ3v) is 4.11. The van der Waals surface area contributed by atoms with Crippen molar-refractivity contribution in [2.45, 2.75) is 18.6 Å². The molecule has 6 nitrogen and oxygen atoms in total. The van der Waals surface area contributed by atoms with Gasteiger partial charge in [-0.05, 0) is 12.1 Å². The average Bonchev–Trinajstić information content (AvgIpc) is 2.78. The molecule has 1 aliphatic rings. The van der Waals surface area contributed by atoms with E-state index in [1.807, 2.05) is 0 Å². The second-order valence-electron chi connectivity index (χ2n) is 4.57. The summed E-state index contributed by atoms with van der Waals surface area (Å²) in [5, 5.41) is 21.6. The lowest BCUT2D eigenvalue weighted by Crippen LogP contribution is -2.43. The Morgan fingerprint density at radius 1 is 1.19 bits per heavy atom. The number of benzene rings is 1. The summed E-state index contributed by atoms with van der Waals surface area (Å²) in [6.07, 6.45) is -0.890. The molecule has 0 aromatic heterocycles. The molecule has 1 aliphatic heterocycles. The van der Waals surface area contributed by atoms with E-state index in [0.717, 1.165) is 4.90 Å². The summed E-state index contributed by atoms with van der Waals surface area (Å²) in [6.45, 7) is -0.0677. The molecule has 3 N–H and O–H groups in total. The highest BCUT2D eigenvalue weighted by atomic mass is 35.5. The van der Waals surface area contributed by atoms with Crippen molar-refractivity contribution >= 4 is 52.5 Å². The summed E-state index contributed by atoms with van der Waals surface area (Å²) in [6, 6.07) is 0.974. The number of aliphatic hydroxyl groups excluding tert-OH is 1. The predicted molar refractivity (Wildman–Crippen MR) is 79.2 cm³/mol. The lowest BCUT2D eigenvalue weighted by molar-refractivity contribution is -0.141. The van der Waals surface area contributed by atoms with E-state index in [1.165, 1.54) is 12.1 Å². The predicted octanol–water partition coefficient (Wildman–Crippen LogP) is 2.70. The molecule has 21 heavy (non-hydrogen) atoms. The van der Waals surface area contributed by atoms with Crippen LogP contribution < -0.4 is 5.32 Å². The Balaban J connectivity index is 2.18. The molecule has 1 aromatic carbocycles. The summed E-state index contributed by atoms with van der Waals surface area (Å²) in [7, 11) is 0. The van der Waals surface area contributed by atoms with Gasteiger partial charge in [-0.2, -0.15) is 0 Å². The van der Waals surface area contributed by atoms with E-state index >= 15 is 0 Å². The van der Waals surface area contributed by atoms with Crippen LogP contribution in [-0.4, -0.2) is 45.8 Å². The van der Waals surface area contributed by atoms with Gasteiger partial charge < -0.3 is 20.4 Å². The highest BCUT2D eigenvalue weighted by Crippen LogP contribution is 2.32. The zero-order valence-electron chi connectivity index (χ0n) is 10.5. The number of aliphatic hydroxyl groups is 1. The number of rotatable bonds is 2. The fourth-order valence-electron chi connectivity index (χ4n) is 2.08. The van der Waals surface area contributed by atoms with Gasteiger partial charge in [0.2, 0.25) is 0 Å². The van der Waals surface area contributed by atoms with Crippen molar-refractivity contribution in [1.29, 1.82) is 0 Å². The Hall–Kier alpha value is -1.21. The van der Waals surface area contributed by atoms with Gasteiger partial charge in [0, 0.05) is 13.0 Å². The maximum absolute atomic E-state index is 12.1. The number of urea groups is 1. The minimum absolute atomic E-state index is 0.0160. The molecule has 0 aliphatic carbocycles. The molecule has 0 spiro atoms. The number of carboxylic acids is 1. The number of carboxylic acid groups (broad SMARTS) is 1. The minimum atomic E-state index is -1.18. The number of carbonyl (C=O) groups is 2. The summed E-state index contributed by atoms with van der Waals surface area (Å²) in [4.78, 5) is 24.2. The number of halogens is 3. The smallest absolute Gasteiger partial charge is 0.326 e. The van der Waals surface area contributed by atoms with Crippen LogP contribution >= 0.6 is 34.8 Å². The van der Waals surface area contributed by atoms with Crippen LogP contribution in [0.15, 0.2) is 12.1 Å². The topological polar surface area (TPSA) is 89.9 Å². The van der Waals surface area contributed by atoms with Crippen LogP contribution in [-0.2, 0) is 4.79 Å². The maximum Gasteiger partial charge on any atom is 0.326 e. The first-order chi connectivity index (χ1) is 9.79. The van der Waals surface area contributed by atoms with E-state index in [1.54, 1.807) is 0 Å². The molecule has 1 heterocycles. The van der Waals surface area contributed by atoms with Gasteiger partial charge in [-0.1, -0.05) is 34.8 Å². The molecule has 1 aromatic rings. The highest BCUT2D eigenvalue weighted by molar-refractivity contribution is 6.44. The lowest BCUT2D eigenvalue weighted by Gasteiger charge is -2.22. The molecular weight excluding hydrogens is 343 g/mol. The van der Waals surface area contributed by atoms with Crippen LogP contribution in [0.4, 0.5) is 10.5 Å². The largest absolute Gasteiger partial charge is 0.480 e. The van der Waals surface area contributed by atoms with Crippen LogP contribution in [0.5, 0.6) is 0 Å². The molecule has 1 fully saturated rings. The fraction of sp³-hybridized carbons (Fsp3) is 0.333. The molecule has 1 saturated heterocycles. The molecule has 9 heteroatoms. The van der Waals surface area contributed by atoms with E-state index in [2.05, 4.69) is 5.32 Å². The van der Waals surface area contributed by atoms with Gasteiger partial charge in [-0.25, -0.2) is 9.59 Å². The summed E-state index contributed by atoms with van der Waals surface area (Å²) in [5.74, 6) is -1.18. The quantitative estimate of drug-likeness (QED) is 0.713. The molecule has 2 atom stereocenters. The second-order valence-corrected chi connectivity index (χ2v) is 5.79. The van der Waals surface area contributed by atoms with Crippen molar-refractivity contribution < 1.29 is 19.8 Å². The van der Waals surface area contributed by atoms with Crippen molar-refractivity contribution in [3.05, 3.63) is 27.2 Å². The number of nitrogens with zero attached hydrogens (tertiary/aromatic N) is 1. The molecule has 2 rings (SSSR count). The maximum atomic E-state index is 12.1. The molecule has 0 unspecified atom stereocenters. The summed E-state index contributed by atoms with van der Waals surface area (Å²) in [5.41, 5.74) is 0.210. The number of aliphatic carboxylic acids is 1. The summed E-state index contributed by atoms with van der Waals surface area (Å²) < 4.78 is 0. The average molecular weight is 354 g/mol. The van der Waals surface area contributed by atoms with E-state index in [-0.39, 0.29) is 33.7 Å². The Morgan fingerprint density at radius 3 is 2.43 bits per heavy atom. The summed E-state index contributed by atoms with van der Waals surface area (Å²) >= 11 is 17.6. The van der Waals surface area contributed by atoms with E-state index < -0.39 is 24.1 Å². The van der Waals surface area contributed by atoms with Crippen LogP contribution in [0.2, 0.25) is 15.1 Å². The zero-order valence-corrected chi connectivity index (χ0v) is 12.8. The van der Waals surface area contributed by atoms with E-state index in [9.17, 15) is 14.7 Å². The number of hydrogen-bond acceptors (Lipinski definition) is 3. The van der Waals surface area contributed by atoms with Gasteiger partial charge in [-0.15, -0.1) is 0 Å². The number of nitrogens with one attached hydrogen (secondary N) is 1. The van der Waals surface area contributed by atoms with Crippen molar-refractivity contribution in [2.24, 2.45) is 0 Å². The van der Waals surface area contributed by atoms with E-state index in [4.69, 9.17) is 39.9 Å². The number of hydrogen-bond donors (Lipinski definition) is 3. The van der Waals surface area contributed by atoms with Crippen molar-refractivity contribution in [2.75, 3.05) is 11.9 Å². The van der Waals surface area contributed by atoms with Gasteiger partial charge in [0.1, 0.15) is 6.04 Å². The van der Waals surface area contributed by atoms with E-state index in [0.29, 0.717) is 0 Å². The Labute approximate surface area is 135 Å². The Kier molecular flexibility index (Phi) is 4.83.